The molecule has 1 aliphatic heterocycles. The van der Waals surface area contributed by atoms with E-state index in [1.165, 1.54) is 14.2 Å². The van der Waals surface area contributed by atoms with Crippen molar-refractivity contribution in [3.05, 3.63) is 48.0 Å². The van der Waals surface area contributed by atoms with E-state index in [1.807, 2.05) is 24.3 Å². The molecule has 0 atom stereocenters. The molecule has 0 saturated carbocycles. The Labute approximate surface area is 169 Å². The van der Waals surface area contributed by atoms with Crippen molar-refractivity contribution in [1.29, 1.82) is 0 Å². The van der Waals surface area contributed by atoms with Crippen molar-refractivity contribution >= 4 is 23.3 Å². The molecule has 1 saturated heterocycles. The normalized spacial score (nSPS) is 13.5. The van der Waals surface area contributed by atoms with Crippen LogP contribution in [0.3, 0.4) is 0 Å². The van der Waals surface area contributed by atoms with Crippen LogP contribution in [0.4, 0.5) is 11.4 Å². The molecular formula is C21H24N2O6. The van der Waals surface area contributed by atoms with Crippen LogP contribution in [0.2, 0.25) is 0 Å². The summed E-state index contributed by atoms with van der Waals surface area (Å²) in [5.41, 5.74) is 1.89. The SMILES string of the molecule is COc1cccc(C(=O)OCC(=O)Nc2ccc(N3CCOCC3)cc2)c1OC. The summed E-state index contributed by atoms with van der Waals surface area (Å²) in [6.07, 6.45) is 0. The van der Waals surface area contributed by atoms with Crippen molar-refractivity contribution < 1.29 is 28.5 Å². The minimum atomic E-state index is -0.668. The first-order valence-electron chi connectivity index (χ1n) is 9.23. The van der Waals surface area contributed by atoms with Crippen LogP contribution in [0.15, 0.2) is 42.5 Å². The maximum atomic E-state index is 12.3. The van der Waals surface area contributed by atoms with E-state index in [2.05, 4.69) is 10.2 Å². The van der Waals surface area contributed by atoms with Crippen LogP contribution in [0, 0.1) is 0 Å². The molecule has 1 N–H and O–H groups in total. The zero-order valence-electron chi connectivity index (χ0n) is 16.5. The third kappa shape index (κ3) is 5.17. The highest BCUT2D eigenvalue weighted by molar-refractivity contribution is 5.97. The Balaban J connectivity index is 1.54. The summed E-state index contributed by atoms with van der Waals surface area (Å²) in [5, 5.41) is 2.71. The van der Waals surface area contributed by atoms with Crippen molar-refractivity contribution in [1.82, 2.24) is 0 Å². The Morgan fingerprint density at radius 3 is 2.41 bits per heavy atom. The van der Waals surface area contributed by atoms with Gasteiger partial charge >= 0.3 is 5.97 Å². The molecule has 0 bridgehead atoms. The van der Waals surface area contributed by atoms with Crippen LogP contribution in [-0.2, 0) is 14.3 Å². The molecule has 2 aromatic carbocycles. The zero-order chi connectivity index (χ0) is 20.6. The van der Waals surface area contributed by atoms with Gasteiger partial charge < -0.3 is 29.2 Å². The van der Waals surface area contributed by atoms with Gasteiger partial charge in [0, 0.05) is 24.5 Å². The molecule has 1 amide bonds. The number of anilines is 2. The average molecular weight is 400 g/mol. The Hall–Kier alpha value is -3.26. The van der Waals surface area contributed by atoms with E-state index in [0.717, 1.165) is 18.8 Å². The Morgan fingerprint density at radius 2 is 1.76 bits per heavy atom. The van der Waals surface area contributed by atoms with Gasteiger partial charge in [-0.05, 0) is 36.4 Å². The lowest BCUT2D eigenvalue weighted by Crippen LogP contribution is -2.36. The Bertz CT molecular complexity index is 847. The number of nitrogens with one attached hydrogen (secondary N) is 1. The molecule has 3 rings (SSSR count). The first-order chi connectivity index (χ1) is 14.1. The zero-order valence-corrected chi connectivity index (χ0v) is 16.5. The van der Waals surface area contributed by atoms with Gasteiger partial charge in [-0.3, -0.25) is 4.79 Å². The van der Waals surface area contributed by atoms with E-state index < -0.39 is 18.5 Å². The van der Waals surface area contributed by atoms with Crippen molar-refractivity contribution in [2.75, 3.05) is 57.3 Å². The van der Waals surface area contributed by atoms with Gasteiger partial charge in [0.05, 0.1) is 27.4 Å². The van der Waals surface area contributed by atoms with Crippen LogP contribution >= 0.6 is 0 Å². The second kappa shape index (κ2) is 9.79. The summed E-state index contributed by atoms with van der Waals surface area (Å²) in [5.74, 6) is -0.427. The highest BCUT2D eigenvalue weighted by atomic mass is 16.5. The van der Waals surface area contributed by atoms with Gasteiger partial charge in [-0.1, -0.05) is 6.07 Å². The highest BCUT2D eigenvalue weighted by Gasteiger charge is 2.19. The number of carbonyl (C=O) groups excluding carboxylic acids is 2. The molecule has 0 spiro atoms. The summed E-state index contributed by atoms with van der Waals surface area (Å²) in [6.45, 7) is 2.69. The van der Waals surface area contributed by atoms with E-state index in [-0.39, 0.29) is 11.3 Å². The second-order valence-corrected chi connectivity index (χ2v) is 6.31. The van der Waals surface area contributed by atoms with Crippen LogP contribution in [0.25, 0.3) is 0 Å². The van der Waals surface area contributed by atoms with E-state index >= 15 is 0 Å². The summed E-state index contributed by atoms with van der Waals surface area (Å²) in [4.78, 5) is 26.7. The van der Waals surface area contributed by atoms with Crippen LogP contribution in [0.5, 0.6) is 11.5 Å². The summed E-state index contributed by atoms with van der Waals surface area (Å²) in [7, 11) is 2.91. The number of benzene rings is 2. The number of nitrogens with zero attached hydrogens (tertiary/aromatic N) is 1. The number of ether oxygens (including phenoxy) is 4. The van der Waals surface area contributed by atoms with E-state index in [1.54, 1.807) is 18.2 Å². The first-order valence-corrected chi connectivity index (χ1v) is 9.23. The molecule has 154 valence electrons. The van der Waals surface area contributed by atoms with Crippen molar-refractivity contribution in [2.45, 2.75) is 0 Å². The third-order valence-corrected chi connectivity index (χ3v) is 4.48. The number of hydrogen-bond acceptors (Lipinski definition) is 7. The molecular weight excluding hydrogens is 376 g/mol. The molecule has 0 unspecified atom stereocenters. The number of carbonyl (C=O) groups is 2. The fourth-order valence-electron chi connectivity index (χ4n) is 3.03. The Kier molecular flexibility index (Phi) is 6.91. The lowest BCUT2D eigenvalue weighted by Gasteiger charge is -2.28. The minimum Gasteiger partial charge on any atom is -0.493 e. The number of morpholine rings is 1. The van der Waals surface area contributed by atoms with Gasteiger partial charge in [0.1, 0.15) is 5.56 Å². The Morgan fingerprint density at radius 1 is 1.03 bits per heavy atom. The quantitative estimate of drug-likeness (QED) is 0.714. The van der Waals surface area contributed by atoms with E-state index in [0.29, 0.717) is 24.7 Å². The molecule has 1 heterocycles. The van der Waals surface area contributed by atoms with E-state index in [4.69, 9.17) is 18.9 Å². The molecule has 0 aromatic heterocycles. The maximum absolute atomic E-state index is 12.3. The molecule has 1 fully saturated rings. The number of methoxy groups -OCH3 is 2. The molecule has 8 heteroatoms. The summed E-state index contributed by atoms with van der Waals surface area (Å²) in [6, 6.07) is 12.4. The topological polar surface area (TPSA) is 86.3 Å². The highest BCUT2D eigenvalue weighted by Crippen LogP contribution is 2.31. The molecule has 1 aliphatic rings. The summed E-state index contributed by atoms with van der Waals surface area (Å²) < 4.78 is 20.8. The predicted octanol–water partition coefficient (Wildman–Crippen LogP) is 2.34. The lowest BCUT2D eigenvalue weighted by atomic mass is 10.2. The maximum Gasteiger partial charge on any atom is 0.342 e. The van der Waals surface area contributed by atoms with Crippen molar-refractivity contribution in [3.63, 3.8) is 0 Å². The van der Waals surface area contributed by atoms with Crippen LogP contribution < -0.4 is 19.7 Å². The fourth-order valence-corrected chi connectivity index (χ4v) is 3.03. The minimum absolute atomic E-state index is 0.189. The largest absolute Gasteiger partial charge is 0.493 e. The predicted molar refractivity (Wildman–Crippen MR) is 108 cm³/mol. The van der Waals surface area contributed by atoms with Gasteiger partial charge in [0.15, 0.2) is 18.1 Å². The molecule has 0 radical (unpaired) electrons. The molecule has 0 aliphatic carbocycles. The van der Waals surface area contributed by atoms with Gasteiger partial charge in [0.2, 0.25) is 0 Å². The fraction of sp³-hybridized carbons (Fsp3) is 0.333. The van der Waals surface area contributed by atoms with Crippen molar-refractivity contribution in [3.8, 4) is 11.5 Å². The van der Waals surface area contributed by atoms with Gasteiger partial charge in [-0.2, -0.15) is 0 Å². The number of rotatable bonds is 7. The first kappa shape index (κ1) is 20.5. The van der Waals surface area contributed by atoms with Crippen LogP contribution in [-0.4, -0.2) is 59.0 Å². The van der Waals surface area contributed by atoms with Gasteiger partial charge in [-0.15, -0.1) is 0 Å². The van der Waals surface area contributed by atoms with Crippen LogP contribution in [0.1, 0.15) is 10.4 Å². The van der Waals surface area contributed by atoms with Gasteiger partial charge in [-0.25, -0.2) is 4.79 Å². The number of hydrogen-bond donors (Lipinski definition) is 1. The smallest absolute Gasteiger partial charge is 0.342 e. The monoisotopic (exact) mass is 400 g/mol. The van der Waals surface area contributed by atoms with Crippen molar-refractivity contribution in [2.24, 2.45) is 0 Å². The second-order valence-electron chi connectivity index (χ2n) is 6.31. The van der Waals surface area contributed by atoms with E-state index in [9.17, 15) is 9.59 Å². The average Bonchev–Trinajstić information content (AvgIpc) is 2.78. The summed E-state index contributed by atoms with van der Waals surface area (Å²) >= 11 is 0. The number of esters is 1. The third-order valence-electron chi connectivity index (χ3n) is 4.48. The molecule has 2 aromatic rings. The number of amides is 1. The standard InChI is InChI=1S/C21H24N2O6/c1-26-18-5-3-4-17(20(18)27-2)21(25)29-14-19(24)22-15-6-8-16(9-7-15)23-10-12-28-13-11-23/h3-9H,10-14H2,1-2H3,(H,22,24). The molecule has 8 nitrogen and oxygen atoms in total. The lowest BCUT2D eigenvalue weighted by molar-refractivity contribution is -0.119. The van der Waals surface area contributed by atoms with Gasteiger partial charge in [0.25, 0.3) is 5.91 Å². The number of para-hydroxylation sites is 1. The molecule has 29 heavy (non-hydrogen) atoms.